The van der Waals surface area contributed by atoms with Crippen LogP contribution in [0.25, 0.3) is 0 Å². The van der Waals surface area contributed by atoms with Crippen LogP contribution in [0.5, 0.6) is 0 Å². The van der Waals surface area contributed by atoms with Gasteiger partial charge in [-0.2, -0.15) is 0 Å². The van der Waals surface area contributed by atoms with Crippen LogP contribution in [0.15, 0.2) is 24.7 Å². The van der Waals surface area contributed by atoms with Crippen molar-refractivity contribution in [1.29, 1.82) is 0 Å². The van der Waals surface area contributed by atoms with Crippen LogP contribution in [0, 0.1) is 0 Å². The number of rotatable bonds is 1. The summed E-state index contributed by atoms with van der Waals surface area (Å²) in [5.41, 5.74) is 1.29. The van der Waals surface area contributed by atoms with Crippen LogP contribution in [0.4, 0.5) is 0 Å². The molecular weight excluding hydrogens is 136 g/mol. The highest BCUT2D eigenvalue weighted by Gasteiger charge is 2.12. The summed E-state index contributed by atoms with van der Waals surface area (Å²) in [7, 11) is 0. The molecular formula is C9H12N2. The van der Waals surface area contributed by atoms with Gasteiger partial charge in [0, 0.05) is 17.8 Å². The highest BCUT2D eigenvalue weighted by atomic mass is 14.9. The smallest absolute Gasteiger partial charge is 0.0921 e. The molecule has 0 aliphatic heterocycles. The Morgan fingerprint density at radius 3 is 3.09 bits per heavy atom. The Morgan fingerprint density at radius 2 is 2.45 bits per heavy atom. The van der Waals surface area contributed by atoms with Gasteiger partial charge in [-0.25, -0.2) is 4.98 Å². The third-order valence-electron chi connectivity index (χ3n) is 2.23. The highest BCUT2D eigenvalue weighted by Crippen LogP contribution is 2.26. The van der Waals surface area contributed by atoms with Crippen LogP contribution in [0.1, 0.15) is 30.9 Å². The minimum absolute atomic E-state index is 0.683. The topological polar surface area (TPSA) is 28.7 Å². The SMILES string of the molecule is C1=CCC(c2cnc[nH]2)CC1. The number of allylic oxidation sites excluding steroid dienone is 2. The van der Waals surface area contributed by atoms with E-state index in [9.17, 15) is 0 Å². The van der Waals surface area contributed by atoms with Crippen molar-refractivity contribution in [3.05, 3.63) is 30.4 Å². The number of aromatic amines is 1. The third-order valence-corrected chi connectivity index (χ3v) is 2.23. The van der Waals surface area contributed by atoms with Gasteiger partial charge in [0.1, 0.15) is 0 Å². The zero-order chi connectivity index (χ0) is 7.52. The molecule has 0 saturated heterocycles. The molecule has 11 heavy (non-hydrogen) atoms. The van der Waals surface area contributed by atoms with E-state index in [1.807, 2.05) is 6.20 Å². The second-order valence-corrected chi connectivity index (χ2v) is 2.99. The van der Waals surface area contributed by atoms with Gasteiger partial charge in [0.25, 0.3) is 0 Å². The Bertz CT molecular complexity index is 236. The number of H-pyrrole nitrogens is 1. The summed E-state index contributed by atoms with van der Waals surface area (Å²) in [6.45, 7) is 0. The van der Waals surface area contributed by atoms with Crippen LogP contribution in [0.2, 0.25) is 0 Å². The van der Waals surface area contributed by atoms with Crippen molar-refractivity contribution in [3.63, 3.8) is 0 Å². The fraction of sp³-hybridized carbons (Fsp3) is 0.444. The molecule has 1 N–H and O–H groups in total. The normalized spacial score (nSPS) is 23.8. The van der Waals surface area contributed by atoms with Crippen molar-refractivity contribution < 1.29 is 0 Å². The summed E-state index contributed by atoms with van der Waals surface area (Å²) >= 11 is 0. The van der Waals surface area contributed by atoms with Crippen molar-refractivity contribution in [2.24, 2.45) is 0 Å². The van der Waals surface area contributed by atoms with E-state index in [1.165, 1.54) is 25.0 Å². The van der Waals surface area contributed by atoms with E-state index in [2.05, 4.69) is 22.1 Å². The summed E-state index contributed by atoms with van der Waals surface area (Å²) in [6.07, 6.45) is 11.9. The second kappa shape index (κ2) is 2.91. The standard InChI is InChI=1S/C9H12N2/c1-2-4-8(5-3-1)9-6-10-7-11-9/h1-2,6-8H,3-5H2,(H,10,11). The van der Waals surface area contributed by atoms with E-state index in [-0.39, 0.29) is 0 Å². The molecule has 58 valence electrons. The van der Waals surface area contributed by atoms with Crippen LogP contribution < -0.4 is 0 Å². The van der Waals surface area contributed by atoms with Gasteiger partial charge < -0.3 is 4.98 Å². The summed E-state index contributed by atoms with van der Waals surface area (Å²) in [4.78, 5) is 7.18. The first kappa shape index (κ1) is 6.65. The quantitative estimate of drug-likeness (QED) is 0.608. The van der Waals surface area contributed by atoms with Gasteiger partial charge in [0.05, 0.1) is 6.33 Å². The Morgan fingerprint density at radius 1 is 1.45 bits per heavy atom. The molecule has 1 atom stereocenters. The van der Waals surface area contributed by atoms with E-state index < -0.39 is 0 Å². The summed E-state index contributed by atoms with van der Waals surface area (Å²) < 4.78 is 0. The Kier molecular flexibility index (Phi) is 1.76. The van der Waals surface area contributed by atoms with E-state index in [4.69, 9.17) is 0 Å². The molecule has 1 unspecified atom stereocenters. The number of imidazole rings is 1. The van der Waals surface area contributed by atoms with E-state index >= 15 is 0 Å². The van der Waals surface area contributed by atoms with Crippen LogP contribution in [0.3, 0.4) is 0 Å². The van der Waals surface area contributed by atoms with E-state index in [0.717, 1.165) is 0 Å². The summed E-state index contributed by atoms with van der Waals surface area (Å²) in [6, 6.07) is 0. The predicted octanol–water partition coefficient (Wildman–Crippen LogP) is 2.23. The predicted molar refractivity (Wildman–Crippen MR) is 44.3 cm³/mol. The Balaban J connectivity index is 2.11. The maximum absolute atomic E-state index is 4.02. The molecule has 2 nitrogen and oxygen atoms in total. The highest BCUT2D eigenvalue weighted by molar-refractivity contribution is 5.08. The third kappa shape index (κ3) is 1.34. The van der Waals surface area contributed by atoms with Crippen molar-refractivity contribution in [1.82, 2.24) is 9.97 Å². The maximum Gasteiger partial charge on any atom is 0.0921 e. The Hall–Kier alpha value is -1.05. The Labute approximate surface area is 66.4 Å². The number of nitrogens with zero attached hydrogens (tertiary/aromatic N) is 1. The first-order valence-electron chi connectivity index (χ1n) is 4.10. The largest absolute Gasteiger partial charge is 0.348 e. The van der Waals surface area contributed by atoms with Crippen molar-refractivity contribution in [2.75, 3.05) is 0 Å². The molecule has 0 saturated carbocycles. The zero-order valence-electron chi connectivity index (χ0n) is 6.46. The number of hydrogen-bond acceptors (Lipinski definition) is 1. The minimum atomic E-state index is 0.683. The fourth-order valence-electron chi connectivity index (χ4n) is 1.57. The van der Waals surface area contributed by atoms with Gasteiger partial charge in [-0.05, 0) is 19.3 Å². The molecule has 1 aliphatic rings. The van der Waals surface area contributed by atoms with Crippen molar-refractivity contribution in [2.45, 2.75) is 25.2 Å². The van der Waals surface area contributed by atoms with Gasteiger partial charge in [-0.15, -0.1) is 0 Å². The molecule has 0 radical (unpaired) electrons. The molecule has 0 fully saturated rings. The molecule has 1 heterocycles. The van der Waals surface area contributed by atoms with Crippen LogP contribution in [-0.4, -0.2) is 9.97 Å². The lowest BCUT2D eigenvalue weighted by atomic mass is 9.92. The van der Waals surface area contributed by atoms with Gasteiger partial charge >= 0.3 is 0 Å². The van der Waals surface area contributed by atoms with Crippen LogP contribution >= 0.6 is 0 Å². The second-order valence-electron chi connectivity index (χ2n) is 2.99. The maximum atomic E-state index is 4.02. The lowest BCUT2D eigenvalue weighted by molar-refractivity contribution is 0.604. The summed E-state index contributed by atoms with van der Waals surface area (Å²) in [5.74, 6) is 0.683. The lowest BCUT2D eigenvalue weighted by Gasteiger charge is -2.15. The fourth-order valence-corrected chi connectivity index (χ4v) is 1.57. The van der Waals surface area contributed by atoms with Crippen molar-refractivity contribution in [3.8, 4) is 0 Å². The van der Waals surface area contributed by atoms with E-state index in [0.29, 0.717) is 5.92 Å². The lowest BCUT2D eigenvalue weighted by Crippen LogP contribution is -2.00. The molecule has 0 bridgehead atoms. The molecule has 0 spiro atoms. The molecule has 0 amide bonds. The minimum Gasteiger partial charge on any atom is -0.348 e. The molecule has 2 heteroatoms. The number of hydrogen-bond donors (Lipinski definition) is 1. The van der Waals surface area contributed by atoms with E-state index in [1.54, 1.807) is 6.33 Å². The average molecular weight is 148 g/mol. The van der Waals surface area contributed by atoms with Crippen LogP contribution in [-0.2, 0) is 0 Å². The van der Waals surface area contributed by atoms with Gasteiger partial charge in [0.15, 0.2) is 0 Å². The first-order chi connectivity index (χ1) is 5.47. The monoisotopic (exact) mass is 148 g/mol. The van der Waals surface area contributed by atoms with Gasteiger partial charge in [-0.3, -0.25) is 0 Å². The number of nitrogens with one attached hydrogen (secondary N) is 1. The molecule has 1 aliphatic carbocycles. The number of aromatic nitrogens is 2. The first-order valence-corrected chi connectivity index (χ1v) is 4.10. The van der Waals surface area contributed by atoms with Gasteiger partial charge in [-0.1, -0.05) is 12.2 Å². The van der Waals surface area contributed by atoms with Crippen molar-refractivity contribution >= 4 is 0 Å². The van der Waals surface area contributed by atoms with Gasteiger partial charge in [0.2, 0.25) is 0 Å². The molecule has 2 rings (SSSR count). The molecule has 0 aromatic carbocycles. The molecule has 1 aromatic heterocycles. The average Bonchev–Trinajstić information content (AvgIpc) is 2.58. The summed E-state index contributed by atoms with van der Waals surface area (Å²) in [5, 5.41) is 0. The zero-order valence-corrected chi connectivity index (χ0v) is 6.46. The molecule has 1 aromatic rings.